The van der Waals surface area contributed by atoms with E-state index < -0.39 is 23.5 Å². The van der Waals surface area contributed by atoms with Gasteiger partial charge in [0.1, 0.15) is 0 Å². The number of nitrogens with one attached hydrogen (secondary N) is 1. The Morgan fingerprint density at radius 1 is 1.17 bits per heavy atom. The molecule has 0 aliphatic carbocycles. The molecule has 1 heterocycles. The molecule has 1 aliphatic heterocycles. The maximum Gasteiger partial charge on any atom is 0.409 e. The monoisotopic (exact) mass is 400 g/mol. The van der Waals surface area contributed by atoms with Crippen molar-refractivity contribution in [3.63, 3.8) is 0 Å². The number of hydrazine groups is 1. The lowest BCUT2D eigenvalue weighted by atomic mass is 9.93. The van der Waals surface area contributed by atoms with Crippen LogP contribution in [0.3, 0.4) is 0 Å². The van der Waals surface area contributed by atoms with Gasteiger partial charge in [-0.2, -0.15) is 13.2 Å². The summed E-state index contributed by atoms with van der Waals surface area (Å²) in [5.74, 6) is -0.404. The molecule has 1 unspecified atom stereocenters. The molecule has 3 nitrogen and oxygen atoms in total. The van der Waals surface area contributed by atoms with Crippen LogP contribution >= 0.6 is 15.9 Å². The standard InChI is InChI=1S/C17H16BrF3N2O/c1-16(2)9-23(22-15(16)24)14(17(19,20)21)12-7-8-13(18)11-6-4-3-5-10(11)12/h3-8,14H,9H2,1-2H3,(H,22,24). The van der Waals surface area contributed by atoms with Gasteiger partial charge < -0.3 is 0 Å². The van der Waals surface area contributed by atoms with E-state index in [0.29, 0.717) is 10.8 Å². The molecule has 7 heteroatoms. The summed E-state index contributed by atoms with van der Waals surface area (Å²) in [5, 5.41) is 2.21. The average molecular weight is 401 g/mol. The van der Waals surface area contributed by atoms with Crippen molar-refractivity contribution >= 4 is 32.6 Å². The van der Waals surface area contributed by atoms with Crippen LogP contribution in [-0.4, -0.2) is 23.6 Å². The highest BCUT2D eigenvalue weighted by atomic mass is 79.9. The average Bonchev–Trinajstić information content (AvgIpc) is 2.74. The van der Waals surface area contributed by atoms with Crippen molar-refractivity contribution in [2.75, 3.05) is 6.54 Å². The number of fused-ring (bicyclic) bond motifs is 1. The van der Waals surface area contributed by atoms with Crippen LogP contribution in [-0.2, 0) is 4.79 Å². The minimum absolute atomic E-state index is 0.0135. The molecule has 2 aromatic carbocycles. The Labute approximate surface area is 145 Å². The minimum Gasteiger partial charge on any atom is -0.287 e. The van der Waals surface area contributed by atoms with Gasteiger partial charge in [0.15, 0.2) is 6.04 Å². The summed E-state index contributed by atoms with van der Waals surface area (Å²) in [4.78, 5) is 12.0. The zero-order chi connectivity index (χ0) is 17.7. The molecule has 0 aromatic heterocycles. The zero-order valence-electron chi connectivity index (χ0n) is 13.1. The van der Waals surface area contributed by atoms with Crippen LogP contribution in [0.1, 0.15) is 25.5 Å². The van der Waals surface area contributed by atoms with Crippen LogP contribution in [0.5, 0.6) is 0 Å². The third kappa shape index (κ3) is 2.91. The number of carbonyl (C=O) groups is 1. The Bertz CT molecular complexity index is 804. The normalized spacial score (nSPS) is 19.5. The fourth-order valence-corrected chi connectivity index (χ4v) is 3.50. The molecule has 24 heavy (non-hydrogen) atoms. The van der Waals surface area contributed by atoms with Crippen LogP contribution in [0.4, 0.5) is 13.2 Å². The van der Waals surface area contributed by atoms with E-state index in [1.54, 1.807) is 44.2 Å². The number of benzene rings is 2. The fraction of sp³-hybridized carbons (Fsp3) is 0.353. The highest BCUT2D eigenvalue weighted by Crippen LogP contribution is 2.43. The molecular formula is C17H16BrF3N2O. The first-order chi connectivity index (χ1) is 11.1. The van der Waals surface area contributed by atoms with Gasteiger partial charge in [0.2, 0.25) is 5.91 Å². The van der Waals surface area contributed by atoms with Gasteiger partial charge in [-0.15, -0.1) is 0 Å². The highest BCUT2D eigenvalue weighted by molar-refractivity contribution is 9.10. The van der Waals surface area contributed by atoms with Crippen LogP contribution in [0, 0.1) is 5.41 Å². The summed E-state index contributed by atoms with van der Waals surface area (Å²) in [6, 6.07) is 8.08. The number of rotatable bonds is 2. The number of halogens is 4. The second-order valence-corrected chi connectivity index (χ2v) is 7.43. The maximum absolute atomic E-state index is 13.9. The molecule has 1 saturated heterocycles. The number of hydrogen-bond acceptors (Lipinski definition) is 2. The largest absolute Gasteiger partial charge is 0.409 e. The first kappa shape index (κ1) is 17.2. The van der Waals surface area contributed by atoms with Crippen molar-refractivity contribution in [3.05, 3.63) is 46.4 Å². The van der Waals surface area contributed by atoms with Gasteiger partial charge in [0.05, 0.1) is 5.41 Å². The van der Waals surface area contributed by atoms with E-state index in [4.69, 9.17) is 0 Å². The predicted octanol–water partition coefficient (Wildman–Crippen LogP) is 4.58. The summed E-state index contributed by atoms with van der Waals surface area (Å²) in [5.41, 5.74) is 1.65. The topological polar surface area (TPSA) is 32.3 Å². The second kappa shape index (κ2) is 5.74. The molecule has 0 bridgehead atoms. The molecule has 1 N–H and O–H groups in total. The Hall–Kier alpha value is -1.60. The smallest absolute Gasteiger partial charge is 0.287 e. The number of nitrogens with zero attached hydrogens (tertiary/aromatic N) is 1. The van der Waals surface area contributed by atoms with Crippen LogP contribution in [0.25, 0.3) is 10.8 Å². The summed E-state index contributed by atoms with van der Waals surface area (Å²) in [7, 11) is 0. The molecule has 2 aromatic rings. The van der Waals surface area contributed by atoms with Crippen LogP contribution in [0.2, 0.25) is 0 Å². The number of alkyl halides is 3. The van der Waals surface area contributed by atoms with Crippen LogP contribution in [0.15, 0.2) is 40.9 Å². The summed E-state index contributed by atoms with van der Waals surface area (Å²) < 4.78 is 42.3. The Morgan fingerprint density at radius 2 is 1.79 bits per heavy atom. The first-order valence-corrected chi connectivity index (χ1v) is 8.22. The lowest BCUT2D eigenvalue weighted by Gasteiger charge is -2.30. The molecule has 128 valence electrons. The van der Waals surface area contributed by atoms with Crippen molar-refractivity contribution in [2.24, 2.45) is 5.41 Å². The van der Waals surface area contributed by atoms with Crippen molar-refractivity contribution in [3.8, 4) is 0 Å². The maximum atomic E-state index is 13.9. The van der Waals surface area contributed by atoms with Gasteiger partial charge in [-0.05, 0) is 36.2 Å². The van der Waals surface area contributed by atoms with E-state index in [0.717, 1.165) is 9.48 Å². The molecule has 1 atom stereocenters. The first-order valence-electron chi connectivity index (χ1n) is 7.43. The number of amides is 1. The van der Waals surface area contributed by atoms with Gasteiger partial charge in [-0.3, -0.25) is 10.2 Å². The molecule has 3 rings (SSSR count). The molecule has 0 spiro atoms. The lowest BCUT2D eigenvalue weighted by Crippen LogP contribution is -2.43. The molecular weight excluding hydrogens is 385 g/mol. The van der Waals surface area contributed by atoms with Crippen molar-refractivity contribution < 1.29 is 18.0 Å². The molecule has 1 amide bonds. The number of hydrogen-bond donors (Lipinski definition) is 1. The van der Waals surface area contributed by atoms with Crippen molar-refractivity contribution in [1.29, 1.82) is 0 Å². The SMILES string of the molecule is CC1(C)CN(C(c2ccc(Br)c3ccccc23)C(F)(F)F)NC1=O. The van der Waals surface area contributed by atoms with Gasteiger partial charge in [0, 0.05) is 11.0 Å². The second-order valence-electron chi connectivity index (χ2n) is 6.58. The fourth-order valence-electron chi connectivity index (χ4n) is 3.02. The van der Waals surface area contributed by atoms with Gasteiger partial charge >= 0.3 is 6.18 Å². The van der Waals surface area contributed by atoms with Crippen molar-refractivity contribution in [1.82, 2.24) is 10.4 Å². The predicted molar refractivity (Wildman–Crippen MR) is 89.1 cm³/mol. The van der Waals surface area contributed by atoms with E-state index in [-0.39, 0.29) is 12.1 Å². The lowest BCUT2D eigenvalue weighted by molar-refractivity contribution is -0.191. The molecule has 1 fully saturated rings. The Kier molecular flexibility index (Phi) is 4.12. The molecule has 0 radical (unpaired) electrons. The third-order valence-electron chi connectivity index (χ3n) is 4.25. The minimum atomic E-state index is -4.52. The highest BCUT2D eigenvalue weighted by Gasteiger charge is 2.51. The van der Waals surface area contributed by atoms with Crippen molar-refractivity contribution in [2.45, 2.75) is 26.1 Å². The van der Waals surface area contributed by atoms with E-state index in [9.17, 15) is 18.0 Å². The number of carbonyl (C=O) groups excluding carboxylic acids is 1. The van der Waals surface area contributed by atoms with Crippen LogP contribution < -0.4 is 5.43 Å². The quantitative estimate of drug-likeness (QED) is 0.799. The Morgan fingerprint density at radius 3 is 2.33 bits per heavy atom. The summed E-state index contributed by atoms with van der Waals surface area (Å²) in [6.07, 6.45) is -4.52. The molecule has 0 saturated carbocycles. The molecule has 1 aliphatic rings. The summed E-state index contributed by atoms with van der Waals surface area (Å²) >= 11 is 3.38. The van der Waals surface area contributed by atoms with Gasteiger partial charge in [-0.25, -0.2) is 5.01 Å². The van der Waals surface area contributed by atoms with E-state index in [1.165, 1.54) is 6.07 Å². The third-order valence-corrected chi connectivity index (χ3v) is 4.94. The zero-order valence-corrected chi connectivity index (χ0v) is 14.7. The van der Waals surface area contributed by atoms with Gasteiger partial charge in [-0.1, -0.05) is 46.3 Å². The van der Waals surface area contributed by atoms with E-state index >= 15 is 0 Å². The summed E-state index contributed by atoms with van der Waals surface area (Å²) in [6.45, 7) is 3.26. The van der Waals surface area contributed by atoms with E-state index in [1.807, 2.05) is 0 Å². The van der Waals surface area contributed by atoms with E-state index in [2.05, 4.69) is 21.4 Å². The Balaban J connectivity index is 2.16. The van der Waals surface area contributed by atoms with Gasteiger partial charge in [0.25, 0.3) is 0 Å².